The van der Waals surface area contributed by atoms with Crippen LogP contribution in [0.4, 0.5) is 5.82 Å². The summed E-state index contributed by atoms with van der Waals surface area (Å²) < 4.78 is 34.7. The molecule has 0 spiro atoms. The molecule has 1 aliphatic carbocycles. The molecule has 1 saturated carbocycles. The Morgan fingerprint density at radius 1 is 1.18 bits per heavy atom. The standard InChI is InChI=1S/C17H25ClN4O9P2/c18-17-20-14(19-9-3-1-2-4-9)10-5-6-22(15(10)21-17)16-13(24)12(23)11(31-16)7-30-33(28,29)8-32(25,26)27/h5-6,9,11-13,16,23-24H,1-4,7-8H2,(H,28,29)(H,19,20,21)(H2,25,26,27)/t11-,12-,13-,16-/m1/s1. The maximum absolute atomic E-state index is 11.9. The largest absolute Gasteiger partial charge is 0.387 e. The molecule has 16 heteroatoms. The molecule has 2 aromatic heterocycles. The molecule has 1 unspecified atom stereocenters. The van der Waals surface area contributed by atoms with Crippen molar-refractivity contribution in [1.82, 2.24) is 14.5 Å². The average Bonchev–Trinajstić information content (AvgIpc) is 3.40. The van der Waals surface area contributed by atoms with Gasteiger partial charge in [0.1, 0.15) is 29.8 Å². The third-order valence-corrected chi connectivity index (χ3v) is 9.28. The van der Waals surface area contributed by atoms with E-state index in [2.05, 4.69) is 15.3 Å². The fourth-order valence-corrected chi connectivity index (χ4v) is 6.88. The number of halogens is 1. The summed E-state index contributed by atoms with van der Waals surface area (Å²) in [4.78, 5) is 35.9. The van der Waals surface area contributed by atoms with E-state index in [1.807, 2.05) is 0 Å². The van der Waals surface area contributed by atoms with Crippen LogP contribution in [0.5, 0.6) is 0 Å². The van der Waals surface area contributed by atoms with Crippen LogP contribution in [0.1, 0.15) is 31.9 Å². The molecule has 2 aliphatic rings. The van der Waals surface area contributed by atoms with Gasteiger partial charge in [0.2, 0.25) is 5.28 Å². The van der Waals surface area contributed by atoms with Crippen LogP contribution in [0, 0.1) is 0 Å². The van der Waals surface area contributed by atoms with E-state index in [1.54, 1.807) is 12.3 Å². The Hall–Kier alpha value is -1.11. The summed E-state index contributed by atoms with van der Waals surface area (Å²) in [5.41, 5.74) is 0.350. The summed E-state index contributed by atoms with van der Waals surface area (Å²) in [5, 5.41) is 24.9. The maximum Gasteiger partial charge on any atom is 0.340 e. The highest BCUT2D eigenvalue weighted by Gasteiger charge is 2.45. The van der Waals surface area contributed by atoms with Crippen molar-refractivity contribution >= 4 is 43.6 Å². The lowest BCUT2D eigenvalue weighted by atomic mass is 10.1. The molecule has 6 N–H and O–H groups in total. The van der Waals surface area contributed by atoms with E-state index in [-0.39, 0.29) is 11.3 Å². The first kappa shape index (κ1) is 25.0. The number of hydrogen-bond acceptors (Lipinski definition) is 9. The lowest BCUT2D eigenvalue weighted by Gasteiger charge is -2.19. The van der Waals surface area contributed by atoms with Crippen LogP contribution in [-0.2, 0) is 18.4 Å². The van der Waals surface area contributed by atoms with Gasteiger partial charge in [0.15, 0.2) is 12.1 Å². The molecule has 4 rings (SSSR count). The van der Waals surface area contributed by atoms with E-state index in [1.165, 1.54) is 4.57 Å². The molecule has 0 radical (unpaired) electrons. The minimum atomic E-state index is -4.80. The highest BCUT2D eigenvalue weighted by molar-refractivity contribution is 7.70. The topological polar surface area (TPSA) is 196 Å². The van der Waals surface area contributed by atoms with Crippen molar-refractivity contribution in [2.45, 2.75) is 56.3 Å². The first-order valence-corrected chi connectivity index (χ1v) is 14.2. The van der Waals surface area contributed by atoms with E-state index >= 15 is 0 Å². The number of rotatable bonds is 8. The van der Waals surface area contributed by atoms with Gasteiger partial charge in [-0.15, -0.1) is 0 Å². The highest BCUT2D eigenvalue weighted by atomic mass is 35.5. The second-order valence-electron chi connectivity index (χ2n) is 8.21. The summed E-state index contributed by atoms with van der Waals surface area (Å²) in [7, 11) is -9.45. The van der Waals surface area contributed by atoms with Crippen LogP contribution in [0.15, 0.2) is 12.3 Å². The Kier molecular flexibility index (Phi) is 7.20. The molecule has 0 bridgehead atoms. The Morgan fingerprint density at radius 3 is 2.55 bits per heavy atom. The summed E-state index contributed by atoms with van der Waals surface area (Å²) in [6.45, 7) is -0.675. The third kappa shape index (κ3) is 5.76. The van der Waals surface area contributed by atoms with Gasteiger partial charge in [-0.3, -0.25) is 9.13 Å². The van der Waals surface area contributed by atoms with Crippen LogP contribution in [0.3, 0.4) is 0 Å². The van der Waals surface area contributed by atoms with Gasteiger partial charge in [-0.05, 0) is 30.5 Å². The number of aromatic nitrogens is 3. The maximum atomic E-state index is 11.9. The van der Waals surface area contributed by atoms with Gasteiger partial charge in [0.25, 0.3) is 0 Å². The van der Waals surface area contributed by atoms with Gasteiger partial charge < -0.3 is 44.0 Å². The van der Waals surface area contributed by atoms with E-state index in [9.17, 15) is 24.2 Å². The van der Waals surface area contributed by atoms with E-state index < -0.39 is 52.2 Å². The van der Waals surface area contributed by atoms with Crippen molar-refractivity contribution in [2.24, 2.45) is 0 Å². The molecule has 2 aromatic rings. The molecule has 1 aliphatic heterocycles. The zero-order valence-corrected chi connectivity index (χ0v) is 19.8. The Balaban J connectivity index is 1.53. The van der Waals surface area contributed by atoms with E-state index in [0.29, 0.717) is 16.9 Å². The monoisotopic (exact) mass is 526 g/mol. The molecule has 13 nitrogen and oxygen atoms in total. The number of aliphatic hydroxyl groups is 2. The van der Waals surface area contributed by atoms with Crippen molar-refractivity contribution < 1.29 is 43.3 Å². The molecule has 184 valence electrons. The van der Waals surface area contributed by atoms with Crippen molar-refractivity contribution in [2.75, 3.05) is 17.8 Å². The van der Waals surface area contributed by atoms with Crippen LogP contribution in [0.25, 0.3) is 11.0 Å². The number of hydrogen-bond donors (Lipinski definition) is 6. The SMILES string of the molecule is O=P(O)(O)CP(=O)(O)OC[C@H]1O[C@@H](n2ccc3c(NC4CCCC4)nc(Cl)nc32)[C@H](O)[C@@H]1O. The molecule has 5 atom stereocenters. The molecule has 33 heavy (non-hydrogen) atoms. The molecule has 3 heterocycles. The summed E-state index contributed by atoms with van der Waals surface area (Å²) in [5.74, 6) is -0.828. The van der Waals surface area contributed by atoms with Gasteiger partial charge in [0.05, 0.1) is 12.0 Å². The summed E-state index contributed by atoms with van der Waals surface area (Å²) in [6.07, 6.45) is 0.536. The minimum Gasteiger partial charge on any atom is -0.387 e. The quantitative estimate of drug-likeness (QED) is 0.214. The first-order valence-electron chi connectivity index (χ1n) is 10.3. The summed E-state index contributed by atoms with van der Waals surface area (Å²) >= 11 is 6.12. The molecule has 2 fully saturated rings. The number of nitrogens with zero attached hydrogens (tertiary/aromatic N) is 3. The van der Waals surface area contributed by atoms with Gasteiger partial charge in [-0.25, -0.2) is 4.98 Å². The Labute approximate surface area is 193 Å². The first-order chi connectivity index (χ1) is 15.4. The van der Waals surface area contributed by atoms with Crippen molar-refractivity contribution in [3.8, 4) is 0 Å². The average molecular weight is 527 g/mol. The van der Waals surface area contributed by atoms with Gasteiger partial charge >= 0.3 is 15.2 Å². The van der Waals surface area contributed by atoms with E-state index in [4.69, 9.17) is 30.6 Å². The molecular weight excluding hydrogens is 502 g/mol. The molecule has 0 amide bonds. The normalized spacial score (nSPS) is 28.4. The van der Waals surface area contributed by atoms with Crippen molar-refractivity contribution in [1.29, 1.82) is 0 Å². The fourth-order valence-electron chi connectivity index (χ4n) is 4.15. The molecule has 0 aromatic carbocycles. The predicted molar refractivity (Wildman–Crippen MR) is 117 cm³/mol. The second kappa shape index (κ2) is 9.50. The van der Waals surface area contributed by atoms with Crippen molar-refractivity contribution in [3.05, 3.63) is 17.5 Å². The van der Waals surface area contributed by atoms with Crippen LogP contribution in [-0.4, -0.2) is 76.3 Å². The zero-order chi connectivity index (χ0) is 24.0. The number of anilines is 1. The van der Waals surface area contributed by atoms with Gasteiger partial charge in [-0.2, -0.15) is 4.98 Å². The van der Waals surface area contributed by atoms with Crippen molar-refractivity contribution in [3.63, 3.8) is 0 Å². The lowest BCUT2D eigenvalue weighted by Crippen LogP contribution is -2.33. The Bertz CT molecular complexity index is 1110. The fraction of sp³-hybridized carbons (Fsp3) is 0.647. The lowest BCUT2D eigenvalue weighted by molar-refractivity contribution is -0.0481. The number of fused-ring (bicyclic) bond motifs is 1. The van der Waals surface area contributed by atoms with E-state index in [0.717, 1.165) is 25.7 Å². The zero-order valence-electron chi connectivity index (χ0n) is 17.3. The highest BCUT2D eigenvalue weighted by Crippen LogP contribution is 2.55. The number of aliphatic hydroxyl groups excluding tert-OH is 2. The third-order valence-electron chi connectivity index (χ3n) is 5.66. The van der Waals surface area contributed by atoms with Gasteiger partial charge in [-0.1, -0.05) is 12.8 Å². The Morgan fingerprint density at radius 2 is 1.88 bits per heavy atom. The summed E-state index contributed by atoms with van der Waals surface area (Å²) in [6, 6.07) is 1.98. The molecule has 1 saturated heterocycles. The van der Waals surface area contributed by atoms with Crippen LogP contribution in [0.2, 0.25) is 5.28 Å². The van der Waals surface area contributed by atoms with Crippen LogP contribution < -0.4 is 5.32 Å². The number of ether oxygens (including phenoxy) is 1. The minimum absolute atomic E-state index is 0.0190. The second-order valence-corrected chi connectivity index (χ2v) is 12.5. The smallest absolute Gasteiger partial charge is 0.340 e. The number of nitrogens with one attached hydrogen (secondary N) is 1. The molecular formula is C17H25ClN4O9P2. The van der Waals surface area contributed by atoms with Gasteiger partial charge in [0, 0.05) is 12.2 Å². The predicted octanol–water partition coefficient (Wildman–Crippen LogP) is 1.40. The van der Waals surface area contributed by atoms with Crippen LogP contribution >= 0.6 is 26.8 Å².